The molecule has 1 amide bonds. The Kier molecular flexibility index (Phi) is 6.73. The van der Waals surface area contributed by atoms with Gasteiger partial charge in [0.2, 0.25) is 5.91 Å². The molecule has 1 N–H and O–H groups in total. The third-order valence-corrected chi connectivity index (χ3v) is 6.29. The van der Waals surface area contributed by atoms with Crippen molar-refractivity contribution >= 4 is 58.2 Å². The number of benzene rings is 2. The van der Waals surface area contributed by atoms with E-state index in [2.05, 4.69) is 15.5 Å². The van der Waals surface area contributed by atoms with E-state index in [9.17, 15) is 4.79 Å². The second kappa shape index (κ2) is 9.47. The average Bonchev–Trinajstić information content (AvgIpc) is 3.49. The number of amides is 1. The van der Waals surface area contributed by atoms with Crippen LogP contribution in [0.5, 0.6) is 5.75 Å². The minimum absolute atomic E-state index is 0.151. The summed E-state index contributed by atoms with van der Waals surface area (Å²) in [4.78, 5) is 12.4. The van der Waals surface area contributed by atoms with Gasteiger partial charge in [0.1, 0.15) is 12.4 Å². The number of nitrogens with zero attached hydrogens (tertiary/aromatic N) is 3. The van der Waals surface area contributed by atoms with Crippen LogP contribution in [0.2, 0.25) is 15.1 Å². The molecule has 0 atom stereocenters. The number of carbonyl (C=O) groups is 1. The molecule has 1 aliphatic carbocycles. The van der Waals surface area contributed by atoms with Crippen molar-refractivity contribution < 1.29 is 9.53 Å². The van der Waals surface area contributed by atoms with Gasteiger partial charge in [-0.3, -0.25) is 9.36 Å². The Balaban J connectivity index is 1.41. The summed E-state index contributed by atoms with van der Waals surface area (Å²) in [5, 5.41) is 13.3. The van der Waals surface area contributed by atoms with Crippen molar-refractivity contribution in [2.75, 3.05) is 11.1 Å². The van der Waals surface area contributed by atoms with E-state index in [0.717, 1.165) is 12.8 Å². The van der Waals surface area contributed by atoms with Crippen molar-refractivity contribution in [1.29, 1.82) is 0 Å². The van der Waals surface area contributed by atoms with Crippen molar-refractivity contribution in [3.8, 4) is 5.75 Å². The van der Waals surface area contributed by atoms with E-state index in [-0.39, 0.29) is 18.3 Å². The number of anilines is 1. The number of nitrogens with one attached hydrogen (secondary N) is 1. The van der Waals surface area contributed by atoms with E-state index in [0.29, 0.717) is 43.5 Å². The quantitative estimate of drug-likeness (QED) is 0.405. The highest BCUT2D eigenvalue weighted by Crippen LogP contribution is 2.39. The van der Waals surface area contributed by atoms with Crippen LogP contribution in [-0.2, 0) is 11.4 Å². The van der Waals surface area contributed by atoms with Crippen molar-refractivity contribution in [2.45, 2.75) is 30.6 Å². The lowest BCUT2D eigenvalue weighted by Gasteiger charge is -2.11. The van der Waals surface area contributed by atoms with Crippen LogP contribution in [0.1, 0.15) is 24.7 Å². The molecule has 6 nitrogen and oxygen atoms in total. The molecule has 1 heterocycles. The van der Waals surface area contributed by atoms with E-state index in [1.54, 1.807) is 30.3 Å². The molecular weight excluding hydrogens is 467 g/mol. The second-order valence-electron chi connectivity index (χ2n) is 6.65. The average molecular weight is 484 g/mol. The van der Waals surface area contributed by atoms with Crippen LogP contribution < -0.4 is 10.1 Å². The van der Waals surface area contributed by atoms with Gasteiger partial charge in [0, 0.05) is 6.04 Å². The highest BCUT2D eigenvalue weighted by Gasteiger charge is 2.30. The zero-order valence-electron chi connectivity index (χ0n) is 15.6. The van der Waals surface area contributed by atoms with Crippen LogP contribution in [0.4, 0.5) is 5.69 Å². The molecule has 0 saturated heterocycles. The normalized spacial score (nSPS) is 13.3. The van der Waals surface area contributed by atoms with Gasteiger partial charge in [0.05, 0.1) is 26.5 Å². The van der Waals surface area contributed by atoms with E-state index in [1.165, 1.54) is 11.8 Å². The number of ether oxygens (including phenoxy) is 1. The Morgan fingerprint density at radius 1 is 1.07 bits per heavy atom. The first-order chi connectivity index (χ1) is 14.5. The predicted octanol–water partition coefficient (Wildman–Crippen LogP) is 5.88. The Morgan fingerprint density at radius 3 is 2.47 bits per heavy atom. The topological polar surface area (TPSA) is 69.0 Å². The fourth-order valence-electron chi connectivity index (χ4n) is 2.83. The molecule has 0 radical (unpaired) electrons. The molecular formula is C20H17Cl3N4O2S. The SMILES string of the molecule is O=C(CSc1nnc(COc2ccccc2Cl)n1C1CC1)Nc1c(Cl)cccc1Cl. The summed E-state index contributed by atoms with van der Waals surface area (Å²) in [6, 6.07) is 12.7. The maximum absolute atomic E-state index is 12.4. The van der Waals surface area contributed by atoms with Crippen molar-refractivity contribution in [1.82, 2.24) is 14.8 Å². The summed E-state index contributed by atoms with van der Waals surface area (Å²) in [6.45, 7) is 0.245. The number of hydrogen-bond donors (Lipinski definition) is 1. The Morgan fingerprint density at radius 2 is 1.77 bits per heavy atom. The van der Waals surface area contributed by atoms with Gasteiger partial charge in [-0.15, -0.1) is 10.2 Å². The maximum atomic E-state index is 12.4. The number of carbonyl (C=O) groups excluding carboxylic acids is 1. The molecule has 1 aliphatic rings. The summed E-state index contributed by atoms with van der Waals surface area (Å²) in [7, 11) is 0. The standard InChI is InChI=1S/C20H17Cl3N4O2S/c21-13-4-1-2-7-16(13)29-10-17-25-26-20(27(17)12-8-9-12)30-11-18(28)24-19-14(22)5-3-6-15(19)23/h1-7,12H,8-11H2,(H,24,28). The number of aromatic nitrogens is 3. The van der Waals surface area contributed by atoms with Crippen LogP contribution in [0.3, 0.4) is 0 Å². The van der Waals surface area contributed by atoms with Crippen molar-refractivity contribution in [3.63, 3.8) is 0 Å². The molecule has 3 aromatic rings. The largest absolute Gasteiger partial charge is 0.484 e. The van der Waals surface area contributed by atoms with Crippen LogP contribution in [0.15, 0.2) is 47.6 Å². The first-order valence-electron chi connectivity index (χ1n) is 9.20. The van der Waals surface area contributed by atoms with E-state index < -0.39 is 0 Å². The van der Waals surface area contributed by atoms with Gasteiger partial charge < -0.3 is 10.1 Å². The zero-order chi connectivity index (χ0) is 21.1. The first kappa shape index (κ1) is 21.3. The number of thioether (sulfide) groups is 1. The minimum Gasteiger partial charge on any atom is -0.484 e. The zero-order valence-corrected chi connectivity index (χ0v) is 18.7. The van der Waals surface area contributed by atoms with Crippen LogP contribution in [0, 0.1) is 0 Å². The van der Waals surface area contributed by atoms with E-state index >= 15 is 0 Å². The molecule has 1 saturated carbocycles. The lowest BCUT2D eigenvalue weighted by Crippen LogP contribution is -2.15. The monoisotopic (exact) mass is 482 g/mol. The summed E-state index contributed by atoms with van der Waals surface area (Å²) >= 11 is 19.7. The van der Waals surface area contributed by atoms with Crippen LogP contribution in [0.25, 0.3) is 0 Å². The molecule has 10 heteroatoms. The number of rotatable bonds is 8. The Hall–Kier alpha value is -1.93. The van der Waals surface area contributed by atoms with Gasteiger partial charge in [-0.25, -0.2) is 0 Å². The van der Waals surface area contributed by atoms with E-state index in [4.69, 9.17) is 39.5 Å². The van der Waals surface area contributed by atoms with E-state index in [1.807, 2.05) is 16.7 Å². The van der Waals surface area contributed by atoms with Crippen molar-refractivity contribution in [2.24, 2.45) is 0 Å². The number of para-hydroxylation sites is 2. The molecule has 1 aromatic heterocycles. The van der Waals surface area contributed by atoms with Gasteiger partial charge in [-0.2, -0.15) is 0 Å². The van der Waals surface area contributed by atoms with Gasteiger partial charge in [-0.1, -0.05) is 64.8 Å². The second-order valence-corrected chi connectivity index (χ2v) is 8.82. The van der Waals surface area contributed by atoms with Gasteiger partial charge >= 0.3 is 0 Å². The van der Waals surface area contributed by atoms with Crippen molar-refractivity contribution in [3.05, 3.63) is 63.4 Å². The molecule has 156 valence electrons. The predicted molar refractivity (Wildman–Crippen MR) is 120 cm³/mol. The molecule has 1 fully saturated rings. The van der Waals surface area contributed by atoms with Gasteiger partial charge in [0.15, 0.2) is 11.0 Å². The Bertz CT molecular complexity index is 1050. The maximum Gasteiger partial charge on any atom is 0.234 e. The third-order valence-electron chi connectivity index (χ3n) is 4.40. The summed E-state index contributed by atoms with van der Waals surface area (Å²) in [5.74, 6) is 1.22. The highest BCUT2D eigenvalue weighted by molar-refractivity contribution is 7.99. The molecule has 0 aliphatic heterocycles. The lowest BCUT2D eigenvalue weighted by molar-refractivity contribution is -0.113. The number of halogens is 3. The fraction of sp³-hybridized carbons (Fsp3) is 0.250. The molecule has 0 bridgehead atoms. The minimum atomic E-state index is -0.228. The molecule has 4 rings (SSSR count). The number of hydrogen-bond acceptors (Lipinski definition) is 5. The van der Waals surface area contributed by atoms with Crippen LogP contribution >= 0.6 is 46.6 Å². The summed E-state index contributed by atoms with van der Waals surface area (Å²) in [5.41, 5.74) is 0.406. The fourth-order valence-corrected chi connectivity index (χ4v) is 4.34. The molecule has 0 spiro atoms. The summed E-state index contributed by atoms with van der Waals surface area (Å²) in [6.07, 6.45) is 2.10. The smallest absolute Gasteiger partial charge is 0.234 e. The van der Waals surface area contributed by atoms with Crippen LogP contribution in [-0.4, -0.2) is 26.4 Å². The highest BCUT2D eigenvalue weighted by atomic mass is 35.5. The first-order valence-corrected chi connectivity index (χ1v) is 11.3. The molecule has 2 aromatic carbocycles. The van der Waals surface area contributed by atoms with Gasteiger partial charge in [-0.05, 0) is 37.1 Å². The lowest BCUT2D eigenvalue weighted by atomic mass is 10.3. The summed E-state index contributed by atoms with van der Waals surface area (Å²) < 4.78 is 7.85. The molecule has 30 heavy (non-hydrogen) atoms. The molecule has 0 unspecified atom stereocenters. The Labute approximate surface area is 192 Å². The third kappa shape index (κ3) is 5.03. The van der Waals surface area contributed by atoms with Gasteiger partial charge in [0.25, 0.3) is 0 Å².